The van der Waals surface area contributed by atoms with Gasteiger partial charge in [-0.1, -0.05) is 32.9 Å². The van der Waals surface area contributed by atoms with Gasteiger partial charge in [0, 0.05) is 31.6 Å². The van der Waals surface area contributed by atoms with Crippen molar-refractivity contribution in [3.8, 4) is 16.2 Å². The summed E-state index contributed by atoms with van der Waals surface area (Å²) in [4.78, 5) is 46.3. The number of alkyl halides is 1. The van der Waals surface area contributed by atoms with Crippen LogP contribution in [0.5, 0.6) is 5.75 Å². The van der Waals surface area contributed by atoms with E-state index < -0.39 is 47.0 Å². The molecule has 1 aliphatic heterocycles. The molecule has 3 amide bonds. The van der Waals surface area contributed by atoms with Gasteiger partial charge in [-0.3, -0.25) is 14.4 Å². The van der Waals surface area contributed by atoms with E-state index in [1.165, 1.54) is 16.2 Å². The highest BCUT2D eigenvalue weighted by atomic mass is 32.1. The highest BCUT2D eigenvalue weighted by Crippen LogP contribution is 2.40. The van der Waals surface area contributed by atoms with Crippen LogP contribution in [0.1, 0.15) is 51.3 Å². The van der Waals surface area contributed by atoms with E-state index in [9.17, 15) is 23.9 Å². The minimum Gasteiger partial charge on any atom is -0.491 e. The monoisotopic (exact) mass is 619 g/mol. The van der Waals surface area contributed by atoms with E-state index >= 15 is 0 Å². The third kappa shape index (κ3) is 8.08. The first-order valence-electron chi connectivity index (χ1n) is 14.5. The third-order valence-corrected chi connectivity index (χ3v) is 8.60. The molecule has 2 heterocycles. The molecule has 43 heavy (non-hydrogen) atoms. The number of aromatic nitrogens is 1. The van der Waals surface area contributed by atoms with Gasteiger partial charge < -0.3 is 35.8 Å². The molecule has 0 spiro atoms. The topological polar surface area (TPSA) is 156 Å². The number of nitrogens with one attached hydrogen (secondary N) is 2. The van der Waals surface area contributed by atoms with Crippen LogP contribution < -0.4 is 21.1 Å². The fraction of sp³-hybridized carbons (Fsp3) is 0.600. The van der Waals surface area contributed by atoms with Gasteiger partial charge in [0.1, 0.15) is 24.4 Å². The number of thiazole rings is 1. The van der Waals surface area contributed by atoms with Gasteiger partial charge in [-0.05, 0) is 36.8 Å². The summed E-state index contributed by atoms with van der Waals surface area (Å²) in [6, 6.07) is 3.67. The van der Waals surface area contributed by atoms with Gasteiger partial charge in [-0.25, -0.2) is 9.37 Å². The Labute approximate surface area is 255 Å². The summed E-state index contributed by atoms with van der Waals surface area (Å²) >= 11 is 1.52. The van der Waals surface area contributed by atoms with Crippen LogP contribution in [0.15, 0.2) is 23.7 Å². The van der Waals surface area contributed by atoms with E-state index in [1.807, 2.05) is 25.1 Å². The number of hydrogen-bond acceptors (Lipinski definition) is 9. The quantitative estimate of drug-likeness (QED) is 0.249. The average Bonchev–Trinajstić information content (AvgIpc) is 3.37. The Morgan fingerprint density at radius 1 is 1.26 bits per heavy atom. The maximum Gasteiger partial charge on any atom is 0.258 e. The number of hydrogen-bond donors (Lipinski definition) is 4. The molecule has 1 aromatic carbocycles. The van der Waals surface area contributed by atoms with Crippen molar-refractivity contribution in [1.82, 2.24) is 20.5 Å². The number of halogens is 1. The number of aliphatic hydroxyl groups excluding tert-OH is 1. The van der Waals surface area contributed by atoms with Gasteiger partial charge in [0.15, 0.2) is 5.67 Å². The molecule has 0 unspecified atom stereocenters. The molecule has 1 saturated carbocycles. The van der Waals surface area contributed by atoms with E-state index in [0.717, 1.165) is 16.1 Å². The molecular formula is C30H42FN5O6S. The Kier molecular flexibility index (Phi) is 10.4. The number of β-amino-alcohol motifs (C(OH)–C–C–N with tert-alkyl or cyclic N) is 1. The maximum atomic E-state index is 14.4. The summed E-state index contributed by atoms with van der Waals surface area (Å²) in [7, 11) is 0. The zero-order valence-electron chi connectivity index (χ0n) is 25.2. The van der Waals surface area contributed by atoms with E-state index in [2.05, 4.69) is 15.6 Å². The van der Waals surface area contributed by atoms with E-state index in [-0.39, 0.29) is 39.0 Å². The van der Waals surface area contributed by atoms with Crippen LogP contribution in [0, 0.1) is 12.3 Å². The summed E-state index contributed by atoms with van der Waals surface area (Å²) in [5, 5.41) is 15.9. The van der Waals surface area contributed by atoms with Gasteiger partial charge in [0.25, 0.3) is 5.91 Å². The minimum absolute atomic E-state index is 0.0425. The molecule has 4 rings (SSSR count). The number of benzene rings is 1. The first kappa shape index (κ1) is 32.8. The van der Waals surface area contributed by atoms with Gasteiger partial charge >= 0.3 is 0 Å². The second-order valence-corrected chi connectivity index (χ2v) is 13.0. The number of aliphatic hydroxyl groups is 1. The van der Waals surface area contributed by atoms with Crippen molar-refractivity contribution in [2.24, 2.45) is 11.1 Å². The smallest absolute Gasteiger partial charge is 0.258 e. The lowest BCUT2D eigenvalue weighted by atomic mass is 9.85. The lowest BCUT2D eigenvalue weighted by Crippen LogP contribution is -2.59. The molecule has 2 fully saturated rings. The molecule has 2 aliphatic rings. The molecule has 0 radical (unpaired) electrons. The van der Waals surface area contributed by atoms with Gasteiger partial charge in [0.05, 0.1) is 35.4 Å². The van der Waals surface area contributed by atoms with Crippen molar-refractivity contribution in [3.05, 3.63) is 35.0 Å². The van der Waals surface area contributed by atoms with Crippen molar-refractivity contribution < 1.29 is 33.4 Å². The zero-order valence-corrected chi connectivity index (χ0v) is 26.0. The highest BCUT2D eigenvalue weighted by Gasteiger charge is 2.53. The Morgan fingerprint density at radius 3 is 2.63 bits per heavy atom. The van der Waals surface area contributed by atoms with Crippen molar-refractivity contribution >= 4 is 29.1 Å². The van der Waals surface area contributed by atoms with Crippen molar-refractivity contribution in [2.45, 2.75) is 77.4 Å². The molecule has 1 aromatic heterocycles. The average molecular weight is 620 g/mol. The predicted molar refractivity (Wildman–Crippen MR) is 160 cm³/mol. The van der Waals surface area contributed by atoms with Gasteiger partial charge in [0.2, 0.25) is 11.8 Å². The molecule has 5 N–H and O–H groups in total. The molecule has 0 bridgehead atoms. The number of carbonyl (C=O) groups is 3. The number of amides is 3. The first-order chi connectivity index (χ1) is 20.3. The van der Waals surface area contributed by atoms with E-state index in [1.54, 1.807) is 26.3 Å². The number of carbonyl (C=O) groups excluding carboxylic acids is 3. The molecule has 11 nitrogen and oxygen atoms in total. The number of nitrogens with two attached hydrogens (primary N) is 1. The lowest BCUT2D eigenvalue weighted by molar-refractivity contribution is -0.145. The van der Waals surface area contributed by atoms with Crippen LogP contribution in [0.2, 0.25) is 0 Å². The molecular weight excluding hydrogens is 577 g/mol. The number of nitrogens with zero attached hydrogens (tertiary/aromatic N) is 2. The Bertz CT molecular complexity index is 1310. The molecule has 236 valence electrons. The van der Waals surface area contributed by atoms with Crippen molar-refractivity contribution in [3.63, 3.8) is 0 Å². The Hall–Kier alpha value is -3.13. The molecule has 3 atom stereocenters. The fourth-order valence-electron chi connectivity index (χ4n) is 4.97. The normalized spacial score (nSPS) is 20.0. The number of aryl methyl sites for hydroxylation is 1. The van der Waals surface area contributed by atoms with Crippen molar-refractivity contribution in [1.29, 1.82) is 0 Å². The Morgan fingerprint density at radius 2 is 2.00 bits per heavy atom. The first-order valence-corrected chi connectivity index (χ1v) is 15.4. The van der Waals surface area contributed by atoms with Crippen LogP contribution in [0.3, 0.4) is 0 Å². The van der Waals surface area contributed by atoms with Crippen LogP contribution in [-0.4, -0.2) is 89.5 Å². The minimum atomic E-state index is -1.95. The SMILES string of the molecule is Cc1ncsc1-c1ccc(CNC(=O)[C@@H]2C[C@@H](O)CN2C(=O)[C@@H](NC(=O)C2(F)CC2)C(C)(C)C)c(OCCOCCN)c1. The summed E-state index contributed by atoms with van der Waals surface area (Å²) < 4.78 is 25.9. The summed E-state index contributed by atoms with van der Waals surface area (Å²) in [5.41, 5.74) is 7.10. The predicted octanol–water partition coefficient (Wildman–Crippen LogP) is 2.08. The van der Waals surface area contributed by atoms with Crippen LogP contribution >= 0.6 is 11.3 Å². The standard InChI is InChI=1S/C30H42FN5O6S/c1-18-24(43-17-34-18)19-5-6-20(23(13-19)42-12-11-41-10-9-32)15-33-26(38)22-14-21(37)16-36(22)27(39)25(29(2,3)4)35-28(40)30(31)7-8-30/h5-6,13,17,21-22,25,37H,7-12,14-16,32H2,1-4H3,(H,33,38)(H,35,40)/t21-,22+,25-/m1/s1. The highest BCUT2D eigenvalue weighted by molar-refractivity contribution is 7.13. The molecule has 1 aliphatic carbocycles. The second kappa shape index (κ2) is 13.7. The number of likely N-dealkylation sites (tertiary alicyclic amines) is 1. The number of ether oxygens (including phenoxy) is 2. The van der Waals surface area contributed by atoms with Crippen LogP contribution in [0.25, 0.3) is 10.4 Å². The largest absolute Gasteiger partial charge is 0.491 e. The molecule has 2 aromatic rings. The van der Waals surface area contributed by atoms with E-state index in [0.29, 0.717) is 31.1 Å². The fourth-order valence-corrected chi connectivity index (χ4v) is 5.77. The second-order valence-electron chi connectivity index (χ2n) is 12.2. The Balaban J connectivity index is 1.47. The third-order valence-electron chi connectivity index (χ3n) is 7.62. The molecule has 1 saturated heterocycles. The van der Waals surface area contributed by atoms with Crippen LogP contribution in [0.4, 0.5) is 4.39 Å². The maximum absolute atomic E-state index is 14.4. The lowest BCUT2D eigenvalue weighted by Gasteiger charge is -2.35. The summed E-state index contributed by atoms with van der Waals surface area (Å²) in [6.45, 7) is 8.71. The summed E-state index contributed by atoms with van der Waals surface area (Å²) in [6.07, 6.45) is -0.634. The summed E-state index contributed by atoms with van der Waals surface area (Å²) in [5.74, 6) is -1.24. The van der Waals surface area contributed by atoms with Gasteiger partial charge in [-0.2, -0.15) is 0 Å². The van der Waals surface area contributed by atoms with Crippen LogP contribution in [-0.2, 0) is 25.7 Å². The van der Waals surface area contributed by atoms with E-state index in [4.69, 9.17) is 15.2 Å². The molecule has 13 heteroatoms. The zero-order chi connectivity index (χ0) is 31.4. The number of rotatable bonds is 13. The van der Waals surface area contributed by atoms with Gasteiger partial charge in [-0.15, -0.1) is 11.3 Å². The van der Waals surface area contributed by atoms with Crippen molar-refractivity contribution in [2.75, 3.05) is 32.9 Å².